The van der Waals surface area contributed by atoms with Gasteiger partial charge in [-0.05, 0) is 12.8 Å². The normalized spacial score (nSPS) is 31.8. The monoisotopic (exact) mass is 243 g/mol. The summed E-state index contributed by atoms with van der Waals surface area (Å²) in [5.41, 5.74) is 0. The van der Waals surface area contributed by atoms with Gasteiger partial charge in [0, 0.05) is 19.1 Å². The van der Waals surface area contributed by atoms with Crippen molar-refractivity contribution < 1.29 is 19.7 Å². The van der Waals surface area contributed by atoms with Crippen molar-refractivity contribution in [3.63, 3.8) is 0 Å². The summed E-state index contributed by atoms with van der Waals surface area (Å²) in [7, 11) is 0. The van der Waals surface area contributed by atoms with Crippen molar-refractivity contribution in [1.82, 2.24) is 4.90 Å². The summed E-state index contributed by atoms with van der Waals surface area (Å²) in [6.45, 7) is 1.95. The molecule has 3 unspecified atom stereocenters. The van der Waals surface area contributed by atoms with Gasteiger partial charge in [-0.15, -0.1) is 0 Å². The van der Waals surface area contributed by atoms with Gasteiger partial charge in [-0.25, -0.2) is 0 Å². The predicted molar refractivity (Wildman–Crippen MR) is 61.8 cm³/mol. The maximum absolute atomic E-state index is 10.5. The van der Waals surface area contributed by atoms with Gasteiger partial charge in [0.1, 0.15) is 0 Å². The lowest BCUT2D eigenvalue weighted by atomic mass is 9.90. The van der Waals surface area contributed by atoms with Crippen molar-refractivity contribution in [3.05, 3.63) is 0 Å². The van der Waals surface area contributed by atoms with Gasteiger partial charge in [-0.3, -0.25) is 9.69 Å². The molecule has 0 spiro atoms. The maximum Gasteiger partial charge on any atom is 0.306 e. The van der Waals surface area contributed by atoms with E-state index in [2.05, 4.69) is 4.90 Å². The molecule has 3 atom stereocenters. The molecule has 0 radical (unpaired) electrons. The minimum absolute atomic E-state index is 0.172. The minimum Gasteiger partial charge on any atom is -0.481 e. The van der Waals surface area contributed by atoms with Gasteiger partial charge >= 0.3 is 5.97 Å². The number of β-amino-alcohol motifs (C(OH)–C–C–N with tert-alkyl or cyclic N) is 1. The highest BCUT2D eigenvalue weighted by molar-refractivity contribution is 5.67. The van der Waals surface area contributed by atoms with E-state index in [9.17, 15) is 9.90 Å². The fourth-order valence-corrected chi connectivity index (χ4v) is 2.94. The third kappa shape index (κ3) is 3.40. The van der Waals surface area contributed by atoms with Gasteiger partial charge < -0.3 is 14.9 Å². The molecule has 0 aromatic heterocycles. The van der Waals surface area contributed by atoms with Crippen LogP contribution >= 0.6 is 0 Å². The number of ether oxygens (including phenoxy) is 1. The van der Waals surface area contributed by atoms with Crippen LogP contribution in [-0.2, 0) is 9.53 Å². The van der Waals surface area contributed by atoms with E-state index < -0.39 is 12.1 Å². The van der Waals surface area contributed by atoms with Gasteiger partial charge in [0.25, 0.3) is 0 Å². The zero-order valence-electron chi connectivity index (χ0n) is 10.0. The molecule has 2 N–H and O–H groups in total. The Labute approximate surface area is 101 Å². The van der Waals surface area contributed by atoms with Crippen LogP contribution in [0.1, 0.15) is 32.1 Å². The summed E-state index contributed by atoms with van der Waals surface area (Å²) < 4.78 is 5.74. The second-order valence-electron chi connectivity index (χ2n) is 5.01. The van der Waals surface area contributed by atoms with Crippen molar-refractivity contribution in [1.29, 1.82) is 0 Å². The molecule has 0 aromatic rings. The molecule has 2 aliphatic rings. The van der Waals surface area contributed by atoms with Gasteiger partial charge in [0.2, 0.25) is 0 Å². The largest absolute Gasteiger partial charge is 0.481 e. The lowest BCUT2D eigenvalue weighted by molar-refractivity contribution is -0.140. The number of carbonyl (C=O) groups is 1. The Morgan fingerprint density at radius 2 is 2.18 bits per heavy atom. The van der Waals surface area contributed by atoms with Crippen LogP contribution in [0.25, 0.3) is 0 Å². The number of morpholine rings is 1. The molecule has 5 heteroatoms. The molecule has 0 aromatic carbocycles. The molecular formula is C12H21NO4. The Morgan fingerprint density at radius 3 is 2.94 bits per heavy atom. The molecule has 17 heavy (non-hydrogen) atoms. The van der Waals surface area contributed by atoms with Crippen molar-refractivity contribution in [2.45, 2.75) is 50.4 Å². The molecule has 1 heterocycles. The van der Waals surface area contributed by atoms with Gasteiger partial charge in [0.05, 0.1) is 25.2 Å². The van der Waals surface area contributed by atoms with Gasteiger partial charge in [-0.2, -0.15) is 0 Å². The zero-order chi connectivity index (χ0) is 12.3. The van der Waals surface area contributed by atoms with Gasteiger partial charge in [-0.1, -0.05) is 12.8 Å². The molecule has 5 nitrogen and oxygen atoms in total. The first-order chi connectivity index (χ1) is 8.16. The summed E-state index contributed by atoms with van der Waals surface area (Å²) >= 11 is 0. The first kappa shape index (κ1) is 12.8. The average Bonchev–Trinajstić information content (AvgIpc) is 2.28. The quantitative estimate of drug-likeness (QED) is 0.751. The summed E-state index contributed by atoms with van der Waals surface area (Å²) in [5, 5.41) is 18.3. The van der Waals surface area contributed by atoms with Crippen LogP contribution in [0.5, 0.6) is 0 Å². The van der Waals surface area contributed by atoms with E-state index in [0.29, 0.717) is 19.2 Å². The molecule has 0 amide bonds. The Hall–Kier alpha value is -0.650. The lowest BCUT2D eigenvalue weighted by Crippen LogP contribution is -2.54. The van der Waals surface area contributed by atoms with E-state index in [4.69, 9.17) is 9.84 Å². The van der Waals surface area contributed by atoms with Crippen LogP contribution in [0.4, 0.5) is 0 Å². The summed E-state index contributed by atoms with van der Waals surface area (Å²) in [4.78, 5) is 12.7. The number of aliphatic hydroxyl groups is 1. The molecule has 98 valence electrons. The number of fused-ring (bicyclic) bond motifs is 1. The number of hydrogen-bond donors (Lipinski definition) is 2. The summed E-state index contributed by atoms with van der Waals surface area (Å²) in [6, 6.07) is 0.376. The van der Waals surface area contributed by atoms with E-state index >= 15 is 0 Å². The first-order valence-electron chi connectivity index (χ1n) is 6.42. The fraction of sp³-hybridized carbons (Fsp3) is 0.917. The second kappa shape index (κ2) is 5.80. The SMILES string of the molecule is O=C(O)CC(O)CN1CCOC2CCCCC21. The number of hydrogen-bond acceptors (Lipinski definition) is 4. The number of carboxylic acids is 1. The van der Waals surface area contributed by atoms with Crippen LogP contribution in [0.3, 0.4) is 0 Å². The average molecular weight is 243 g/mol. The molecule has 0 bridgehead atoms. The smallest absolute Gasteiger partial charge is 0.306 e. The van der Waals surface area contributed by atoms with Crippen LogP contribution in [0.2, 0.25) is 0 Å². The first-order valence-corrected chi connectivity index (χ1v) is 6.42. The third-order valence-corrected chi connectivity index (χ3v) is 3.70. The van der Waals surface area contributed by atoms with E-state index in [0.717, 1.165) is 19.4 Å². The molecular weight excluding hydrogens is 222 g/mol. The fourth-order valence-electron chi connectivity index (χ4n) is 2.94. The summed E-state index contributed by atoms with van der Waals surface area (Å²) in [6.07, 6.45) is 3.96. The molecule has 2 rings (SSSR count). The van der Waals surface area contributed by atoms with Crippen LogP contribution in [0, 0.1) is 0 Å². The third-order valence-electron chi connectivity index (χ3n) is 3.70. The zero-order valence-corrected chi connectivity index (χ0v) is 10.0. The van der Waals surface area contributed by atoms with E-state index in [1.807, 2.05) is 0 Å². The molecule has 1 aliphatic carbocycles. The predicted octanol–water partition coefficient (Wildman–Crippen LogP) is 0.465. The van der Waals surface area contributed by atoms with Crippen molar-refractivity contribution in [3.8, 4) is 0 Å². The van der Waals surface area contributed by atoms with Crippen LogP contribution in [-0.4, -0.2) is 59.0 Å². The number of aliphatic carboxylic acids is 1. The summed E-state index contributed by atoms with van der Waals surface area (Å²) in [5.74, 6) is -0.939. The van der Waals surface area contributed by atoms with Crippen molar-refractivity contribution in [2.75, 3.05) is 19.7 Å². The Bertz CT molecular complexity index is 269. The Balaban J connectivity index is 1.87. The van der Waals surface area contributed by atoms with E-state index in [1.165, 1.54) is 12.8 Å². The minimum atomic E-state index is -0.939. The molecule has 1 saturated heterocycles. The molecule has 1 saturated carbocycles. The lowest BCUT2D eigenvalue weighted by Gasteiger charge is -2.44. The Morgan fingerprint density at radius 1 is 1.41 bits per heavy atom. The highest BCUT2D eigenvalue weighted by atomic mass is 16.5. The van der Waals surface area contributed by atoms with Crippen molar-refractivity contribution >= 4 is 5.97 Å². The number of carboxylic acid groups (broad SMARTS) is 1. The maximum atomic E-state index is 10.5. The standard InChI is InChI=1S/C12H21NO4/c14-9(7-12(15)16)8-13-5-6-17-11-4-2-1-3-10(11)13/h9-11,14H,1-8H2,(H,15,16). The second-order valence-corrected chi connectivity index (χ2v) is 5.01. The van der Waals surface area contributed by atoms with E-state index in [-0.39, 0.29) is 12.5 Å². The molecule has 1 aliphatic heterocycles. The molecule has 2 fully saturated rings. The highest BCUT2D eigenvalue weighted by Crippen LogP contribution is 2.28. The highest BCUT2D eigenvalue weighted by Gasteiger charge is 2.34. The van der Waals surface area contributed by atoms with E-state index in [1.54, 1.807) is 0 Å². The number of rotatable bonds is 4. The Kier molecular flexibility index (Phi) is 4.36. The number of aliphatic hydroxyl groups excluding tert-OH is 1. The van der Waals surface area contributed by atoms with Crippen LogP contribution < -0.4 is 0 Å². The van der Waals surface area contributed by atoms with Crippen molar-refractivity contribution in [2.24, 2.45) is 0 Å². The van der Waals surface area contributed by atoms with Crippen LogP contribution in [0.15, 0.2) is 0 Å². The van der Waals surface area contributed by atoms with Gasteiger partial charge in [0.15, 0.2) is 0 Å². The topological polar surface area (TPSA) is 70.0 Å². The number of nitrogens with zero attached hydrogens (tertiary/aromatic N) is 1.